The Labute approximate surface area is 147 Å². The summed E-state index contributed by atoms with van der Waals surface area (Å²) in [5, 5.41) is 0. The number of hydrogen-bond donors (Lipinski definition) is 0. The highest BCUT2D eigenvalue weighted by Gasteiger charge is 2.43. The van der Waals surface area contributed by atoms with E-state index in [0.29, 0.717) is 25.6 Å². The molecule has 0 radical (unpaired) electrons. The summed E-state index contributed by atoms with van der Waals surface area (Å²) in [5.74, 6) is 0.296. The van der Waals surface area contributed by atoms with Gasteiger partial charge in [0.15, 0.2) is 0 Å². The molecule has 0 unspecified atom stereocenters. The van der Waals surface area contributed by atoms with Gasteiger partial charge in [-0.3, -0.25) is 14.6 Å². The van der Waals surface area contributed by atoms with Crippen LogP contribution in [0, 0.1) is 5.92 Å². The molecule has 0 aliphatic carbocycles. The lowest BCUT2D eigenvalue weighted by molar-refractivity contribution is -0.145. The molecule has 2 aliphatic rings. The van der Waals surface area contributed by atoms with Gasteiger partial charge in [-0.05, 0) is 30.9 Å². The van der Waals surface area contributed by atoms with E-state index in [-0.39, 0.29) is 24.5 Å². The van der Waals surface area contributed by atoms with Gasteiger partial charge in [0.25, 0.3) is 5.91 Å². The van der Waals surface area contributed by atoms with Crippen molar-refractivity contribution in [3.05, 3.63) is 30.1 Å². The minimum Gasteiger partial charge on any atom is -0.375 e. The number of carbonyl (C=O) groups is 2. The molecule has 2 amide bonds. The first-order chi connectivity index (χ1) is 12.1. The number of fused-ring (bicyclic) bond motifs is 1. The van der Waals surface area contributed by atoms with Crippen LogP contribution in [0.2, 0.25) is 0 Å². The van der Waals surface area contributed by atoms with Crippen LogP contribution < -0.4 is 0 Å². The van der Waals surface area contributed by atoms with Crippen molar-refractivity contribution in [1.29, 1.82) is 0 Å². The number of amides is 2. The molecule has 3 rings (SSSR count). The van der Waals surface area contributed by atoms with Crippen LogP contribution in [0.4, 0.5) is 0 Å². The number of rotatable bonds is 5. The molecule has 0 saturated carbocycles. The molecular weight excluding hydrogens is 322 g/mol. The molecule has 2 aliphatic heterocycles. The van der Waals surface area contributed by atoms with Crippen molar-refractivity contribution in [3.63, 3.8) is 0 Å². The summed E-state index contributed by atoms with van der Waals surface area (Å²) in [4.78, 5) is 32.4. The summed E-state index contributed by atoms with van der Waals surface area (Å²) in [6.07, 6.45) is 2.82. The van der Waals surface area contributed by atoms with Gasteiger partial charge in [-0.2, -0.15) is 0 Å². The molecule has 0 bridgehead atoms. The molecule has 3 atom stereocenters. The van der Waals surface area contributed by atoms with Crippen molar-refractivity contribution >= 4 is 11.8 Å². The predicted molar refractivity (Wildman–Crippen MR) is 90.6 cm³/mol. The third kappa shape index (κ3) is 4.16. The molecule has 0 N–H and O–H groups in total. The van der Waals surface area contributed by atoms with Crippen LogP contribution in [0.1, 0.15) is 18.5 Å². The Morgan fingerprint density at radius 2 is 2.28 bits per heavy atom. The Bertz CT molecular complexity index is 610. The Kier molecular flexibility index (Phi) is 5.65. The van der Waals surface area contributed by atoms with Crippen LogP contribution in [0.5, 0.6) is 0 Å². The molecule has 136 valence electrons. The van der Waals surface area contributed by atoms with E-state index in [1.807, 2.05) is 18.2 Å². The van der Waals surface area contributed by atoms with Gasteiger partial charge < -0.3 is 19.3 Å². The predicted octanol–water partition coefficient (Wildman–Crippen LogP) is 0.692. The fraction of sp³-hybridized carbons (Fsp3) is 0.611. The minimum atomic E-state index is -0.429. The number of aromatic nitrogens is 1. The number of hydrogen-bond acceptors (Lipinski definition) is 5. The molecule has 0 spiro atoms. The van der Waals surface area contributed by atoms with Gasteiger partial charge in [-0.15, -0.1) is 0 Å². The Hall–Kier alpha value is -1.99. The van der Waals surface area contributed by atoms with Crippen LogP contribution in [0.25, 0.3) is 0 Å². The lowest BCUT2D eigenvalue weighted by atomic mass is 9.91. The van der Waals surface area contributed by atoms with Gasteiger partial charge in [0.2, 0.25) is 5.91 Å². The zero-order valence-electron chi connectivity index (χ0n) is 14.8. The molecule has 1 aromatic heterocycles. The van der Waals surface area contributed by atoms with Gasteiger partial charge >= 0.3 is 0 Å². The zero-order chi connectivity index (χ0) is 17.8. The fourth-order valence-corrected chi connectivity index (χ4v) is 3.59. The third-order valence-electron chi connectivity index (χ3n) is 4.95. The number of carbonyl (C=O) groups excluding carboxylic acids is 2. The van der Waals surface area contributed by atoms with Gasteiger partial charge in [0, 0.05) is 33.4 Å². The number of likely N-dealkylation sites (tertiary alicyclic amines) is 1. The number of nitrogens with zero attached hydrogens (tertiary/aromatic N) is 3. The van der Waals surface area contributed by atoms with Crippen LogP contribution in [0.15, 0.2) is 24.4 Å². The van der Waals surface area contributed by atoms with Crippen molar-refractivity contribution in [2.45, 2.75) is 31.6 Å². The van der Waals surface area contributed by atoms with Crippen LogP contribution in [0.3, 0.4) is 0 Å². The normalized spacial score (nSPS) is 25.5. The first-order valence-corrected chi connectivity index (χ1v) is 8.65. The van der Waals surface area contributed by atoms with Crippen molar-refractivity contribution in [2.75, 3.05) is 33.9 Å². The molecule has 3 heterocycles. The fourth-order valence-electron chi connectivity index (χ4n) is 3.59. The second-order valence-electron chi connectivity index (χ2n) is 6.74. The largest absolute Gasteiger partial charge is 0.375 e. The highest BCUT2D eigenvalue weighted by molar-refractivity contribution is 5.81. The number of likely N-dealkylation sites (N-methyl/N-ethyl adjacent to an activating group) is 1. The lowest BCUT2D eigenvalue weighted by Gasteiger charge is -2.33. The number of methoxy groups -OCH3 is 1. The minimum absolute atomic E-state index is 0.0187. The topological polar surface area (TPSA) is 72.0 Å². The van der Waals surface area contributed by atoms with E-state index in [1.165, 1.54) is 7.11 Å². The SMILES string of the molecule is COCC(=O)N1CC[C@H]2C[C@H](C(=O)N(C)Cc3ccccn3)O[C@@H]2C1. The lowest BCUT2D eigenvalue weighted by Crippen LogP contribution is -2.46. The molecule has 2 saturated heterocycles. The van der Waals surface area contributed by atoms with Crippen LogP contribution >= 0.6 is 0 Å². The molecule has 7 heteroatoms. The first-order valence-electron chi connectivity index (χ1n) is 8.65. The average Bonchev–Trinajstić information content (AvgIpc) is 3.05. The van der Waals surface area contributed by atoms with E-state index < -0.39 is 6.10 Å². The van der Waals surface area contributed by atoms with Gasteiger partial charge in [-0.1, -0.05) is 6.07 Å². The summed E-state index contributed by atoms with van der Waals surface area (Å²) in [6, 6.07) is 5.66. The van der Waals surface area contributed by atoms with Crippen molar-refractivity contribution in [2.24, 2.45) is 5.92 Å². The molecule has 7 nitrogen and oxygen atoms in total. The van der Waals surface area contributed by atoms with Crippen molar-refractivity contribution in [1.82, 2.24) is 14.8 Å². The number of piperidine rings is 1. The van der Waals surface area contributed by atoms with E-state index in [1.54, 1.807) is 23.0 Å². The number of ether oxygens (including phenoxy) is 2. The van der Waals surface area contributed by atoms with E-state index in [0.717, 1.165) is 18.5 Å². The maximum absolute atomic E-state index is 12.7. The maximum Gasteiger partial charge on any atom is 0.251 e. The van der Waals surface area contributed by atoms with Gasteiger partial charge in [-0.25, -0.2) is 0 Å². The zero-order valence-corrected chi connectivity index (χ0v) is 14.8. The van der Waals surface area contributed by atoms with Crippen molar-refractivity contribution < 1.29 is 19.1 Å². The molecular formula is C18H25N3O4. The first kappa shape index (κ1) is 17.8. The second kappa shape index (κ2) is 7.93. The molecule has 0 aromatic carbocycles. The third-order valence-corrected chi connectivity index (χ3v) is 4.95. The standard InChI is InChI=1S/C18H25N3O4/c1-20(10-14-5-3-4-7-19-14)18(23)15-9-13-6-8-21(11-16(13)25-15)17(22)12-24-2/h3-5,7,13,15-16H,6,8-12H2,1-2H3/t13-,15+,16+/m0/s1. The van der Waals surface area contributed by atoms with E-state index in [9.17, 15) is 9.59 Å². The van der Waals surface area contributed by atoms with Crippen LogP contribution in [-0.4, -0.2) is 72.7 Å². The second-order valence-corrected chi connectivity index (χ2v) is 6.74. The highest BCUT2D eigenvalue weighted by Crippen LogP contribution is 2.34. The highest BCUT2D eigenvalue weighted by atomic mass is 16.5. The van der Waals surface area contributed by atoms with Crippen molar-refractivity contribution in [3.8, 4) is 0 Å². The van der Waals surface area contributed by atoms with E-state index in [4.69, 9.17) is 9.47 Å². The average molecular weight is 347 g/mol. The molecule has 2 fully saturated rings. The summed E-state index contributed by atoms with van der Waals surface area (Å²) >= 11 is 0. The Balaban J connectivity index is 1.55. The number of pyridine rings is 1. The molecule has 1 aromatic rings. The summed E-state index contributed by atoms with van der Waals surface area (Å²) in [7, 11) is 3.29. The van der Waals surface area contributed by atoms with E-state index >= 15 is 0 Å². The summed E-state index contributed by atoms with van der Waals surface area (Å²) < 4.78 is 10.9. The van der Waals surface area contributed by atoms with Crippen LogP contribution in [-0.2, 0) is 25.6 Å². The Morgan fingerprint density at radius 3 is 3.00 bits per heavy atom. The quantitative estimate of drug-likeness (QED) is 0.784. The van der Waals surface area contributed by atoms with Gasteiger partial charge in [0.05, 0.1) is 18.3 Å². The Morgan fingerprint density at radius 1 is 1.44 bits per heavy atom. The smallest absolute Gasteiger partial charge is 0.251 e. The summed E-state index contributed by atoms with van der Waals surface area (Å²) in [5.41, 5.74) is 0.852. The summed E-state index contributed by atoms with van der Waals surface area (Å²) in [6.45, 7) is 1.80. The monoisotopic (exact) mass is 347 g/mol. The molecule has 25 heavy (non-hydrogen) atoms. The van der Waals surface area contributed by atoms with E-state index in [2.05, 4.69) is 4.98 Å². The maximum atomic E-state index is 12.7. The van der Waals surface area contributed by atoms with Gasteiger partial charge in [0.1, 0.15) is 12.7 Å².